The summed E-state index contributed by atoms with van der Waals surface area (Å²) in [5.74, 6) is -1.19. The molecule has 162 valence electrons. The normalized spacial score (nSPS) is 14.9. The molecule has 1 N–H and O–H groups in total. The van der Waals surface area contributed by atoms with Crippen molar-refractivity contribution < 1.29 is 31.1 Å². The fraction of sp³-hybridized carbons (Fsp3) is 0.316. The van der Waals surface area contributed by atoms with Gasteiger partial charge in [-0.1, -0.05) is 17.7 Å². The van der Waals surface area contributed by atoms with Gasteiger partial charge in [0.15, 0.2) is 0 Å². The van der Waals surface area contributed by atoms with E-state index in [1.807, 2.05) is 0 Å². The number of sulfonamides is 1. The highest BCUT2D eigenvalue weighted by Crippen LogP contribution is 2.37. The number of alkyl halides is 3. The van der Waals surface area contributed by atoms with Gasteiger partial charge in [0.2, 0.25) is 10.0 Å². The first-order chi connectivity index (χ1) is 13.9. The van der Waals surface area contributed by atoms with Crippen molar-refractivity contribution in [1.29, 1.82) is 0 Å². The van der Waals surface area contributed by atoms with E-state index < -0.39 is 33.4 Å². The first kappa shape index (κ1) is 22.4. The zero-order valence-electron chi connectivity index (χ0n) is 16.0. The standard InChI is InChI=1S/C19H18ClF3N2O4S/c1-29-16-6-4-12(9-14(16)19(21,22)23)18(26)24-15-5-3-11-7-8-25(30(2,27)28)10-13(11)17(15)20/h3-6,9H,7-8,10H2,1-2H3,(H,24,26). The Kier molecular flexibility index (Phi) is 6.03. The van der Waals surface area contributed by atoms with Gasteiger partial charge in [-0.05, 0) is 41.8 Å². The van der Waals surface area contributed by atoms with E-state index in [1.165, 1.54) is 10.4 Å². The molecule has 0 fully saturated rings. The van der Waals surface area contributed by atoms with E-state index in [2.05, 4.69) is 5.32 Å². The molecule has 0 spiro atoms. The van der Waals surface area contributed by atoms with Crippen LogP contribution in [0.2, 0.25) is 5.02 Å². The highest BCUT2D eigenvalue weighted by atomic mass is 35.5. The number of benzene rings is 2. The SMILES string of the molecule is COc1ccc(C(=O)Nc2ccc3c(c2Cl)CN(S(C)(=O)=O)CC3)cc1C(F)(F)F. The first-order valence-electron chi connectivity index (χ1n) is 8.73. The third kappa shape index (κ3) is 4.55. The van der Waals surface area contributed by atoms with Crippen LogP contribution >= 0.6 is 11.6 Å². The Morgan fingerprint density at radius 3 is 2.53 bits per heavy atom. The number of anilines is 1. The van der Waals surface area contributed by atoms with Gasteiger partial charge < -0.3 is 10.1 Å². The highest BCUT2D eigenvalue weighted by Gasteiger charge is 2.35. The topological polar surface area (TPSA) is 75.7 Å². The van der Waals surface area contributed by atoms with Crippen LogP contribution in [0.4, 0.5) is 18.9 Å². The minimum Gasteiger partial charge on any atom is -0.496 e. The first-order valence-corrected chi connectivity index (χ1v) is 11.0. The Hall–Kier alpha value is -2.30. The molecule has 3 rings (SSSR count). The van der Waals surface area contributed by atoms with E-state index in [-0.39, 0.29) is 22.8 Å². The van der Waals surface area contributed by atoms with Crippen molar-refractivity contribution in [2.24, 2.45) is 0 Å². The summed E-state index contributed by atoms with van der Waals surface area (Å²) in [6.45, 7) is 0.372. The van der Waals surface area contributed by atoms with Crippen LogP contribution in [-0.4, -0.2) is 38.5 Å². The van der Waals surface area contributed by atoms with Crippen molar-refractivity contribution >= 4 is 33.2 Å². The Bertz CT molecular complexity index is 1100. The van der Waals surface area contributed by atoms with Crippen LogP contribution in [0, 0.1) is 0 Å². The van der Waals surface area contributed by atoms with Crippen LogP contribution in [-0.2, 0) is 29.2 Å². The van der Waals surface area contributed by atoms with Crippen LogP contribution in [0.3, 0.4) is 0 Å². The van der Waals surface area contributed by atoms with Gasteiger partial charge in [-0.3, -0.25) is 4.79 Å². The van der Waals surface area contributed by atoms with Gasteiger partial charge in [-0.25, -0.2) is 8.42 Å². The van der Waals surface area contributed by atoms with Crippen molar-refractivity contribution in [3.63, 3.8) is 0 Å². The number of carbonyl (C=O) groups excluding carboxylic acids is 1. The maximum atomic E-state index is 13.2. The van der Waals surface area contributed by atoms with Gasteiger partial charge in [-0.15, -0.1) is 0 Å². The van der Waals surface area contributed by atoms with Crippen LogP contribution < -0.4 is 10.1 Å². The quantitative estimate of drug-likeness (QED) is 0.746. The lowest BCUT2D eigenvalue weighted by Gasteiger charge is -2.28. The average Bonchev–Trinajstić information content (AvgIpc) is 2.68. The highest BCUT2D eigenvalue weighted by molar-refractivity contribution is 7.88. The van der Waals surface area contributed by atoms with Gasteiger partial charge in [-0.2, -0.15) is 17.5 Å². The molecule has 0 radical (unpaired) electrons. The molecule has 2 aromatic carbocycles. The van der Waals surface area contributed by atoms with Gasteiger partial charge >= 0.3 is 6.18 Å². The molecule has 0 aromatic heterocycles. The van der Waals surface area contributed by atoms with Crippen molar-refractivity contribution in [3.8, 4) is 5.75 Å². The van der Waals surface area contributed by atoms with Crippen LogP contribution in [0.25, 0.3) is 0 Å². The lowest BCUT2D eigenvalue weighted by molar-refractivity contribution is -0.138. The molecule has 2 aromatic rings. The molecule has 0 atom stereocenters. The molecule has 1 aliphatic rings. The summed E-state index contributed by atoms with van der Waals surface area (Å²) < 4.78 is 69.3. The van der Waals surface area contributed by atoms with Crippen LogP contribution in [0.15, 0.2) is 30.3 Å². The Morgan fingerprint density at radius 1 is 1.23 bits per heavy atom. The molecule has 11 heteroatoms. The molecule has 1 aliphatic heterocycles. The summed E-state index contributed by atoms with van der Waals surface area (Å²) in [4.78, 5) is 12.6. The number of nitrogens with zero attached hydrogens (tertiary/aromatic N) is 1. The number of fused-ring (bicyclic) bond motifs is 1. The molecule has 0 saturated carbocycles. The summed E-state index contributed by atoms with van der Waals surface area (Å²) in [5, 5.41) is 2.65. The number of carbonyl (C=O) groups is 1. The fourth-order valence-corrected chi connectivity index (χ4v) is 4.29. The number of hydrogen-bond donors (Lipinski definition) is 1. The Balaban J connectivity index is 1.90. The Labute approximate surface area is 176 Å². The Morgan fingerprint density at radius 2 is 1.93 bits per heavy atom. The molecule has 6 nitrogen and oxygen atoms in total. The minimum absolute atomic E-state index is 0.0530. The van der Waals surface area contributed by atoms with Gasteiger partial charge in [0, 0.05) is 18.7 Å². The largest absolute Gasteiger partial charge is 0.496 e. The summed E-state index contributed by atoms with van der Waals surface area (Å²) in [6.07, 6.45) is -3.14. The second kappa shape index (κ2) is 8.09. The zero-order chi connectivity index (χ0) is 22.3. The molecule has 0 saturated heterocycles. The number of amides is 1. The lowest BCUT2D eigenvalue weighted by Crippen LogP contribution is -2.35. The van der Waals surface area contributed by atoms with Crippen LogP contribution in [0.1, 0.15) is 27.0 Å². The number of ether oxygens (including phenoxy) is 1. The van der Waals surface area contributed by atoms with Gasteiger partial charge in [0.25, 0.3) is 5.91 Å². The summed E-state index contributed by atoms with van der Waals surface area (Å²) in [7, 11) is -2.31. The second-order valence-electron chi connectivity index (χ2n) is 6.78. The molecule has 0 aliphatic carbocycles. The van der Waals surface area contributed by atoms with E-state index in [0.717, 1.165) is 25.0 Å². The molecule has 0 bridgehead atoms. The van der Waals surface area contributed by atoms with Gasteiger partial charge in [0.1, 0.15) is 5.75 Å². The van der Waals surface area contributed by atoms with E-state index in [1.54, 1.807) is 12.1 Å². The maximum absolute atomic E-state index is 13.2. The van der Waals surface area contributed by atoms with E-state index in [9.17, 15) is 26.4 Å². The average molecular weight is 463 g/mol. The molecule has 0 unspecified atom stereocenters. The fourth-order valence-electron chi connectivity index (χ4n) is 3.21. The zero-order valence-corrected chi connectivity index (χ0v) is 17.6. The lowest BCUT2D eigenvalue weighted by atomic mass is 10.00. The monoisotopic (exact) mass is 462 g/mol. The molecule has 30 heavy (non-hydrogen) atoms. The number of nitrogens with one attached hydrogen (secondary N) is 1. The van der Waals surface area contributed by atoms with Crippen molar-refractivity contribution in [2.75, 3.05) is 25.2 Å². The van der Waals surface area contributed by atoms with Crippen molar-refractivity contribution in [1.82, 2.24) is 4.31 Å². The number of methoxy groups -OCH3 is 1. The molecule has 1 heterocycles. The third-order valence-electron chi connectivity index (χ3n) is 4.79. The molecule has 1 amide bonds. The predicted molar refractivity (Wildman–Crippen MR) is 106 cm³/mol. The number of hydrogen-bond acceptors (Lipinski definition) is 4. The minimum atomic E-state index is -4.69. The predicted octanol–water partition coefficient (Wildman–Crippen LogP) is 3.94. The second-order valence-corrected chi connectivity index (χ2v) is 9.14. The molecular weight excluding hydrogens is 445 g/mol. The van der Waals surface area contributed by atoms with E-state index in [4.69, 9.17) is 16.3 Å². The molecular formula is C19H18ClF3N2O4S. The van der Waals surface area contributed by atoms with E-state index in [0.29, 0.717) is 24.6 Å². The summed E-state index contributed by atoms with van der Waals surface area (Å²) in [5.41, 5.74) is 0.284. The summed E-state index contributed by atoms with van der Waals surface area (Å²) >= 11 is 6.39. The number of halogens is 4. The smallest absolute Gasteiger partial charge is 0.419 e. The maximum Gasteiger partial charge on any atom is 0.419 e. The third-order valence-corrected chi connectivity index (χ3v) is 6.47. The number of rotatable bonds is 4. The van der Waals surface area contributed by atoms with Crippen LogP contribution in [0.5, 0.6) is 5.75 Å². The van der Waals surface area contributed by atoms with Crippen molar-refractivity contribution in [3.05, 3.63) is 57.6 Å². The summed E-state index contributed by atoms with van der Waals surface area (Å²) in [6, 6.07) is 6.23. The van der Waals surface area contributed by atoms with Gasteiger partial charge in [0.05, 0.1) is 29.6 Å². The van der Waals surface area contributed by atoms with Crippen molar-refractivity contribution in [2.45, 2.75) is 19.1 Å². The van der Waals surface area contributed by atoms with E-state index >= 15 is 0 Å².